The van der Waals surface area contributed by atoms with Crippen molar-refractivity contribution in [1.82, 2.24) is 4.90 Å². The minimum Gasteiger partial charge on any atom is -0.271 e. The molecular weight excluding hydrogens is 250 g/mol. The van der Waals surface area contributed by atoms with Crippen molar-refractivity contribution in [2.45, 2.75) is 38.1 Å². The third kappa shape index (κ3) is 1.74. The summed E-state index contributed by atoms with van der Waals surface area (Å²) in [6.07, 6.45) is 5.25. The van der Waals surface area contributed by atoms with Crippen LogP contribution in [0.3, 0.4) is 0 Å². The molecule has 1 heterocycles. The minimum absolute atomic E-state index is 0.0740. The zero-order valence-electron chi connectivity index (χ0n) is 9.99. The van der Waals surface area contributed by atoms with E-state index in [1.807, 2.05) is 0 Å². The van der Waals surface area contributed by atoms with Crippen LogP contribution in [0, 0.1) is 0 Å². The Balaban J connectivity index is 1.96. The molecule has 3 nitrogen and oxygen atoms in total. The number of rotatable bonds is 1. The van der Waals surface area contributed by atoms with Crippen LogP contribution in [0.1, 0.15) is 52.8 Å². The molecule has 0 N–H and O–H groups in total. The SMILES string of the molecule is O=C1c2ccc(Cl)cc2C(=O)N1C1CCCCC1. The van der Waals surface area contributed by atoms with E-state index in [2.05, 4.69) is 0 Å². The van der Waals surface area contributed by atoms with Gasteiger partial charge in [-0.3, -0.25) is 14.5 Å². The first kappa shape index (κ1) is 11.7. The molecule has 1 saturated carbocycles. The molecule has 4 heteroatoms. The fourth-order valence-corrected chi connectivity index (χ4v) is 3.07. The van der Waals surface area contributed by atoms with Crippen molar-refractivity contribution in [2.24, 2.45) is 0 Å². The van der Waals surface area contributed by atoms with Gasteiger partial charge in [-0.1, -0.05) is 30.9 Å². The highest BCUT2D eigenvalue weighted by Gasteiger charge is 2.40. The lowest BCUT2D eigenvalue weighted by Gasteiger charge is -2.29. The number of carbonyl (C=O) groups is 2. The summed E-state index contributed by atoms with van der Waals surface area (Å²) >= 11 is 5.89. The van der Waals surface area contributed by atoms with E-state index in [4.69, 9.17) is 11.6 Å². The lowest BCUT2D eigenvalue weighted by molar-refractivity contribution is 0.0549. The normalized spacial score (nSPS) is 20.4. The van der Waals surface area contributed by atoms with Gasteiger partial charge in [-0.2, -0.15) is 0 Å². The highest BCUT2D eigenvalue weighted by Crippen LogP contribution is 2.32. The number of carbonyl (C=O) groups excluding carboxylic acids is 2. The van der Waals surface area contributed by atoms with E-state index in [9.17, 15) is 9.59 Å². The molecule has 1 aromatic carbocycles. The Morgan fingerprint density at radius 1 is 1.00 bits per heavy atom. The first-order valence-electron chi connectivity index (χ1n) is 6.36. The zero-order valence-corrected chi connectivity index (χ0v) is 10.7. The molecule has 18 heavy (non-hydrogen) atoms. The maximum absolute atomic E-state index is 12.3. The van der Waals surface area contributed by atoms with Gasteiger partial charge in [0.15, 0.2) is 0 Å². The summed E-state index contributed by atoms with van der Waals surface area (Å²) in [4.78, 5) is 26.0. The first-order valence-corrected chi connectivity index (χ1v) is 6.74. The Hall–Kier alpha value is -1.35. The van der Waals surface area contributed by atoms with Crippen molar-refractivity contribution in [1.29, 1.82) is 0 Å². The minimum atomic E-state index is -0.176. The maximum Gasteiger partial charge on any atom is 0.261 e. The van der Waals surface area contributed by atoms with Crippen molar-refractivity contribution in [3.05, 3.63) is 34.3 Å². The molecule has 0 saturated heterocycles. The van der Waals surface area contributed by atoms with E-state index >= 15 is 0 Å². The number of amides is 2. The van der Waals surface area contributed by atoms with E-state index in [-0.39, 0.29) is 17.9 Å². The van der Waals surface area contributed by atoms with Crippen molar-refractivity contribution in [3.63, 3.8) is 0 Å². The molecule has 1 aromatic rings. The second kappa shape index (κ2) is 4.39. The summed E-state index contributed by atoms with van der Waals surface area (Å²) in [6.45, 7) is 0. The van der Waals surface area contributed by atoms with Crippen molar-refractivity contribution in [3.8, 4) is 0 Å². The van der Waals surface area contributed by atoms with Crippen LogP contribution in [0.5, 0.6) is 0 Å². The van der Waals surface area contributed by atoms with Crippen LogP contribution < -0.4 is 0 Å². The third-order valence-electron chi connectivity index (χ3n) is 3.82. The molecule has 2 amide bonds. The number of halogens is 1. The predicted octanol–water partition coefficient (Wildman–Crippen LogP) is 3.27. The largest absolute Gasteiger partial charge is 0.271 e. The van der Waals surface area contributed by atoms with Crippen LogP contribution in [0.4, 0.5) is 0 Å². The van der Waals surface area contributed by atoms with Crippen LogP contribution in [-0.4, -0.2) is 22.8 Å². The molecule has 1 fully saturated rings. The second-order valence-electron chi connectivity index (χ2n) is 4.96. The lowest BCUT2D eigenvalue weighted by Crippen LogP contribution is -2.40. The Bertz CT molecular complexity index is 521. The van der Waals surface area contributed by atoms with Crippen molar-refractivity contribution < 1.29 is 9.59 Å². The number of imide groups is 1. The van der Waals surface area contributed by atoms with Crippen LogP contribution in [0.15, 0.2) is 18.2 Å². The van der Waals surface area contributed by atoms with Gasteiger partial charge in [0.1, 0.15) is 0 Å². The summed E-state index contributed by atoms with van der Waals surface area (Å²) < 4.78 is 0. The molecule has 2 aliphatic rings. The number of hydrogen-bond donors (Lipinski definition) is 0. The third-order valence-corrected chi connectivity index (χ3v) is 4.05. The monoisotopic (exact) mass is 263 g/mol. The Morgan fingerprint density at radius 3 is 2.39 bits per heavy atom. The number of fused-ring (bicyclic) bond motifs is 1. The Labute approximate surface area is 111 Å². The van der Waals surface area contributed by atoms with Crippen molar-refractivity contribution in [2.75, 3.05) is 0 Å². The van der Waals surface area contributed by atoms with E-state index < -0.39 is 0 Å². The zero-order chi connectivity index (χ0) is 12.7. The molecule has 1 aliphatic carbocycles. The lowest BCUT2D eigenvalue weighted by atomic mass is 9.94. The van der Waals surface area contributed by atoms with Gasteiger partial charge < -0.3 is 0 Å². The topological polar surface area (TPSA) is 37.4 Å². The molecule has 0 bridgehead atoms. The van der Waals surface area contributed by atoms with Crippen molar-refractivity contribution >= 4 is 23.4 Å². The Morgan fingerprint density at radius 2 is 1.67 bits per heavy atom. The molecule has 0 spiro atoms. The van der Waals surface area contributed by atoms with Gasteiger partial charge in [0.25, 0.3) is 11.8 Å². The van der Waals surface area contributed by atoms with Crippen LogP contribution in [0.2, 0.25) is 5.02 Å². The quantitative estimate of drug-likeness (QED) is 0.729. The molecule has 94 valence electrons. The van der Waals surface area contributed by atoms with E-state index in [0.717, 1.165) is 25.7 Å². The van der Waals surface area contributed by atoms with Gasteiger partial charge >= 0.3 is 0 Å². The highest BCUT2D eigenvalue weighted by atomic mass is 35.5. The molecule has 0 atom stereocenters. The summed E-state index contributed by atoms with van der Waals surface area (Å²) in [5, 5.41) is 0.500. The van der Waals surface area contributed by atoms with E-state index in [1.165, 1.54) is 11.3 Å². The summed E-state index contributed by atoms with van der Waals surface area (Å²) in [6, 6.07) is 4.99. The van der Waals surface area contributed by atoms with Gasteiger partial charge in [0.2, 0.25) is 0 Å². The highest BCUT2D eigenvalue weighted by molar-refractivity contribution is 6.32. The van der Waals surface area contributed by atoms with Gasteiger partial charge in [-0.05, 0) is 31.0 Å². The maximum atomic E-state index is 12.3. The second-order valence-corrected chi connectivity index (χ2v) is 5.40. The average Bonchev–Trinajstić information content (AvgIpc) is 2.63. The molecule has 0 unspecified atom stereocenters. The summed E-state index contributed by atoms with van der Waals surface area (Å²) in [5.74, 6) is -0.331. The first-order chi connectivity index (χ1) is 8.68. The van der Waals surface area contributed by atoms with E-state index in [0.29, 0.717) is 16.1 Å². The number of benzene rings is 1. The average molecular weight is 264 g/mol. The summed E-state index contributed by atoms with van der Waals surface area (Å²) in [7, 11) is 0. The predicted molar refractivity (Wildman–Crippen MR) is 68.8 cm³/mol. The molecule has 1 aliphatic heterocycles. The van der Waals surface area contributed by atoms with Gasteiger partial charge in [0, 0.05) is 11.1 Å². The standard InChI is InChI=1S/C14H14ClNO2/c15-9-6-7-11-12(8-9)14(18)16(13(11)17)10-4-2-1-3-5-10/h6-8,10H,1-5H2. The Kier molecular flexibility index (Phi) is 2.86. The van der Waals surface area contributed by atoms with Crippen LogP contribution in [0.25, 0.3) is 0 Å². The van der Waals surface area contributed by atoms with E-state index in [1.54, 1.807) is 18.2 Å². The molecular formula is C14H14ClNO2. The molecule has 0 aromatic heterocycles. The van der Waals surface area contributed by atoms with Crippen LogP contribution >= 0.6 is 11.6 Å². The van der Waals surface area contributed by atoms with Crippen LogP contribution in [-0.2, 0) is 0 Å². The van der Waals surface area contributed by atoms with Gasteiger partial charge in [0.05, 0.1) is 11.1 Å². The molecule has 0 radical (unpaired) electrons. The molecule has 3 rings (SSSR count). The smallest absolute Gasteiger partial charge is 0.261 e. The van der Waals surface area contributed by atoms with Gasteiger partial charge in [-0.15, -0.1) is 0 Å². The number of nitrogens with zero attached hydrogens (tertiary/aromatic N) is 1. The van der Waals surface area contributed by atoms with Gasteiger partial charge in [-0.25, -0.2) is 0 Å². The summed E-state index contributed by atoms with van der Waals surface area (Å²) in [5.41, 5.74) is 0.952. The number of hydrogen-bond acceptors (Lipinski definition) is 2. The fourth-order valence-electron chi connectivity index (χ4n) is 2.90. The fraction of sp³-hybridized carbons (Fsp3) is 0.429.